The number of morpholine rings is 1. The Balaban J connectivity index is 1.99. The molecule has 0 saturated carbocycles. The number of anilines is 3. The van der Waals surface area contributed by atoms with E-state index in [0.717, 1.165) is 11.0 Å². The molecule has 0 atom stereocenters. The second-order valence-corrected chi connectivity index (χ2v) is 9.11. The van der Waals surface area contributed by atoms with Gasteiger partial charge >= 0.3 is 0 Å². The van der Waals surface area contributed by atoms with E-state index in [1.807, 2.05) is 29.3 Å². The van der Waals surface area contributed by atoms with Gasteiger partial charge in [0.15, 0.2) is 0 Å². The van der Waals surface area contributed by atoms with E-state index >= 15 is 0 Å². The fourth-order valence-electron chi connectivity index (χ4n) is 2.51. The van der Waals surface area contributed by atoms with Crippen molar-refractivity contribution in [3.63, 3.8) is 0 Å². The monoisotopic (exact) mass is 348 g/mol. The van der Waals surface area contributed by atoms with Crippen LogP contribution in [0.15, 0.2) is 30.6 Å². The molecule has 1 aliphatic heterocycles. The second kappa shape index (κ2) is 6.84. The molecule has 2 aromatic rings. The predicted octanol–water partition coefficient (Wildman–Crippen LogP) is 1.09. The lowest BCUT2D eigenvalue weighted by molar-refractivity contribution is 0.0371. The number of nitrogen functional groups attached to an aromatic ring is 1. The normalized spacial score (nSPS) is 16.1. The first-order chi connectivity index (χ1) is 11.4. The zero-order chi connectivity index (χ0) is 17.2. The van der Waals surface area contributed by atoms with Crippen molar-refractivity contribution in [3.05, 3.63) is 30.6 Å². The Morgan fingerprint density at radius 3 is 2.42 bits per heavy atom. The zero-order valence-electron chi connectivity index (χ0n) is 13.8. The van der Waals surface area contributed by atoms with Crippen molar-refractivity contribution in [2.24, 2.45) is 0 Å². The second-order valence-electron chi connectivity index (χ2n) is 5.89. The molecule has 3 rings (SSSR count). The summed E-state index contributed by atoms with van der Waals surface area (Å²) in [6.45, 7) is 6.21. The van der Waals surface area contributed by atoms with Gasteiger partial charge in [-0.3, -0.25) is 0 Å². The zero-order valence-corrected chi connectivity index (χ0v) is 14.7. The maximum absolute atomic E-state index is 12.2. The summed E-state index contributed by atoms with van der Waals surface area (Å²) in [5.74, 6) is 0.620. The van der Waals surface area contributed by atoms with Crippen LogP contribution < -0.4 is 16.0 Å². The largest absolute Gasteiger partial charge is 0.379 e. The van der Waals surface area contributed by atoms with Gasteiger partial charge in [0, 0.05) is 18.4 Å². The molecule has 1 saturated heterocycles. The lowest BCUT2D eigenvalue weighted by atomic mass is 10.3. The SMILES string of the molecule is CP(C)(=O)c1ccc(N(c2ncnc(N)n2)N2CCOCC2)cc1. The molecule has 0 amide bonds. The third-order valence-electron chi connectivity index (χ3n) is 3.75. The molecule has 1 aliphatic rings. The molecule has 9 heteroatoms. The molecule has 1 aromatic carbocycles. The van der Waals surface area contributed by atoms with E-state index in [2.05, 4.69) is 20.0 Å². The van der Waals surface area contributed by atoms with Gasteiger partial charge in [-0.1, -0.05) is 0 Å². The molecule has 0 unspecified atom stereocenters. The van der Waals surface area contributed by atoms with Crippen molar-refractivity contribution >= 4 is 30.0 Å². The summed E-state index contributed by atoms with van der Waals surface area (Å²) in [7, 11) is -2.29. The Morgan fingerprint density at radius 1 is 1.17 bits per heavy atom. The van der Waals surface area contributed by atoms with Crippen molar-refractivity contribution < 1.29 is 9.30 Å². The summed E-state index contributed by atoms with van der Waals surface area (Å²) in [6.07, 6.45) is 1.39. The van der Waals surface area contributed by atoms with Gasteiger partial charge in [-0.2, -0.15) is 9.97 Å². The molecule has 24 heavy (non-hydrogen) atoms. The van der Waals surface area contributed by atoms with Crippen LogP contribution in [0.3, 0.4) is 0 Å². The van der Waals surface area contributed by atoms with E-state index < -0.39 is 7.14 Å². The number of hydrogen-bond donors (Lipinski definition) is 1. The molecule has 0 radical (unpaired) electrons. The number of benzene rings is 1. The van der Waals surface area contributed by atoms with Gasteiger partial charge < -0.3 is 15.0 Å². The average Bonchev–Trinajstić information content (AvgIpc) is 2.56. The van der Waals surface area contributed by atoms with Gasteiger partial charge in [-0.15, -0.1) is 0 Å². The lowest BCUT2D eigenvalue weighted by Gasteiger charge is -2.37. The first-order valence-corrected chi connectivity index (χ1v) is 10.3. The van der Waals surface area contributed by atoms with Gasteiger partial charge in [-0.05, 0) is 37.6 Å². The van der Waals surface area contributed by atoms with Gasteiger partial charge in [0.25, 0.3) is 0 Å². The minimum Gasteiger partial charge on any atom is -0.379 e. The van der Waals surface area contributed by atoms with Crippen LogP contribution in [-0.2, 0) is 9.30 Å². The van der Waals surface area contributed by atoms with Crippen molar-refractivity contribution in [2.45, 2.75) is 0 Å². The molecule has 0 bridgehead atoms. The fourth-order valence-corrected chi connectivity index (χ4v) is 3.38. The maximum atomic E-state index is 12.2. The predicted molar refractivity (Wildman–Crippen MR) is 94.3 cm³/mol. The highest BCUT2D eigenvalue weighted by atomic mass is 31.2. The van der Waals surface area contributed by atoms with Gasteiger partial charge in [0.2, 0.25) is 11.9 Å². The van der Waals surface area contributed by atoms with Gasteiger partial charge in [-0.25, -0.2) is 15.0 Å². The number of rotatable bonds is 4. The molecule has 2 heterocycles. The molecule has 0 aliphatic carbocycles. The Kier molecular flexibility index (Phi) is 4.80. The average molecular weight is 348 g/mol. The van der Waals surface area contributed by atoms with Crippen LogP contribution in [0, 0.1) is 0 Å². The highest BCUT2D eigenvalue weighted by molar-refractivity contribution is 7.70. The van der Waals surface area contributed by atoms with E-state index in [-0.39, 0.29) is 5.95 Å². The van der Waals surface area contributed by atoms with Crippen LogP contribution in [0.2, 0.25) is 0 Å². The van der Waals surface area contributed by atoms with Crippen LogP contribution in [0.1, 0.15) is 0 Å². The van der Waals surface area contributed by atoms with E-state index in [1.54, 1.807) is 13.3 Å². The lowest BCUT2D eigenvalue weighted by Crippen LogP contribution is -2.47. The quantitative estimate of drug-likeness (QED) is 0.820. The van der Waals surface area contributed by atoms with Crippen LogP contribution in [-0.4, -0.2) is 59.6 Å². The molecule has 8 nitrogen and oxygen atoms in total. The molecule has 2 N–H and O–H groups in total. The first-order valence-electron chi connectivity index (χ1n) is 7.68. The Hall–Kier alpha value is -2.02. The van der Waals surface area contributed by atoms with E-state index in [0.29, 0.717) is 32.3 Å². The summed E-state index contributed by atoms with van der Waals surface area (Å²) >= 11 is 0. The third kappa shape index (κ3) is 3.72. The minimum atomic E-state index is -2.29. The van der Waals surface area contributed by atoms with Crippen molar-refractivity contribution in [2.75, 3.05) is 50.4 Å². The summed E-state index contributed by atoms with van der Waals surface area (Å²) in [6, 6.07) is 7.61. The maximum Gasteiger partial charge on any atom is 0.249 e. The topological polar surface area (TPSA) is 97.5 Å². The molecular weight excluding hydrogens is 327 g/mol. The number of hydrogen-bond acceptors (Lipinski definition) is 8. The minimum absolute atomic E-state index is 0.168. The standard InChI is InChI=1S/C15H21N6O2P/c1-24(2,22)13-5-3-12(4-6-13)21(20-7-9-23-10-8-20)15-18-11-17-14(16)19-15/h3-6,11H,7-10H2,1-2H3,(H2,16,17,18,19). The smallest absolute Gasteiger partial charge is 0.249 e. The van der Waals surface area contributed by atoms with Crippen molar-refractivity contribution in [1.29, 1.82) is 0 Å². The number of nitrogens with two attached hydrogens (primary N) is 1. The number of aromatic nitrogens is 3. The number of nitrogens with zero attached hydrogens (tertiary/aromatic N) is 5. The van der Waals surface area contributed by atoms with Crippen molar-refractivity contribution in [1.82, 2.24) is 20.0 Å². The highest BCUT2D eigenvalue weighted by Gasteiger charge is 2.24. The van der Waals surface area contributed by atoms with Crippen LogP contribution in [0.4, 0.5) is 17.6 Å². The summed E-state index contributed by atoms with van der Waals surface area (Å²) in [5, 5.41) is 4.84. The summed E-state index contributed by atoms with van der Waals surface area (Å²) < 4.78 is 17.6. The highest BCUT2D eigenvalue weighted by Crippen LogP contribution is 2.35. The van der Waals surface area contributed by atoms with Crippen LogP contribution in [0.5, 0.6) is 0 Å². The van der Waals surface area contributed by atoms with Gasteiger partial charge in [0.05, 0.1) is 18.9 Å². The van der Waals surface area contributed by atoms with Crippen LogP contribution >= 0.6 is 7.14 Å². The molecular formula is C15H21N6O2P. The van der Waals surface area contributed by atoms with E-state index in [9.17, 15) is 4.57 Å². The molecule has 128 valence electrons. The summed E-state index contributed by atoms with van der Waals surface area (Å²) in [4.78, 5) is 12.3. The van der Waals surface area contributed by atoms with E-state index in [1.165, 1.54) is 6.33 Å². The fraction of sp³-hybridized carbons (Fsp3) is 0.400. The molecule has 1 aromatic heterocycles. The number of hydrazine groups is 1. The Labute approximate surface area is 141 Å². The molecule has 1 fully saturated rings. The first kappa shape index (κ1) is 16.8. The third-order valence-corrected chi connectivity index (χ3v) is 5.30. The Morgan fingerprint density at radius 2 is 1.83 bits per heavy atom. The van der Waals surface area contributed by atoms with Crippen molar-refractivity contribution in [3.8, 4) is 0 Å². The molecule has 0 spiro atoms. The van der Waals surface area contributed by atoms with Crippen LogP contribution in [0.25, 0.3) is 0 Å². The van der Waals surface area contributed by atoms with Gasteiger partial charge in [0.1, 0.15) is 13.5 Å². The summed E-state index contributed by atoms with van der Waals surface area (Å²) in [5.41, 5.74) is 6.59. The Bertz CT molecular complexity index is 742. The number of ether oxygens (including phenoxy) is 1. The van der Waals surface area contributed by atoms with E-state index in [4.69, 9.17) is 10.5 Å².